The molecule has 1 atom stereocenters. The first-order valence-electron chi connectivity index (χ1n) is 5.98. The highest BCUT2D eigenvalue weighted by atomic mass is 16.5. The van der Waals surface area contributed by atoms with Crippen LogP contribution in [-0.2, 0) is 4.74 Å². The van der Waals surface area contributed by atoms with Crippen LogP contribution in [0.15, 0.2) is 16.8 Å². The molecule has 94 valence electrons. The van der Waals surface area contributed by atoms with Crippen LogP contribution in [-0.4, -0.2) is 19.0 Å². The molecule has 1 unspecified atom stereocenters. The minimum absolute atomic E-state index is 0.0549. The summed E-state index contributed by atoms with van der Waals surface area (Å²) in [6, 6.07) is 0. The lowest BCUT2D eigenvalue weighted by molar-refractivity contribution is 0.0122. The zero-order chi connectivity index (χ0) is 12.6. The Hall–Kier alpha value is -0.830. The van der Waals surface area contributed by atoms with Gasteiger partial charge in [0.15, 0.2) is 0 Å². The van der Waals surface area contributed by atoms with Gasteiger partial charge < -0.3 is 10.5 Å². The molecule has 0 heterocycles. The zero-order valence-electron chi connectivity index (χ0n) is 11.3. The molecule has 3 heteroatoms. The van der Waals surface area contributed by atoms with Gasteiger partial charge in [0.1, 0.15) is 6.23 Å². The average molecular weight is 226 g/mol. The van der Waals surface area contributed by atoms with E-state index in [2.05, 4.69) is 39.6 Å². The van der Waals surface area contributed by atoms with Crippen molar-refractivity contribution in [2.24, 2.45) is 16.1 Å². The van der Waals surface area contributed by atoms with Crippen molar-refractivity contribution in [1.29, 1.82) is 0 Å². The van der Waals surface area contributed by atoms with Crippen LogP contribution in [0.2, 0.25) is 0 Å². The predicted molar refractivity (Wildman–Crippen MR) is 70.5 cm³/mol. The number of hydrogen-bond acceptors (Lipinski definition) is 3. The van der Waals surface area contributed by atoms with Gasteiger partial charge in [-0.25, -0.2) is 0 Å². The summed E-state index contributed by atoms with van der Waals surface area (Å²) in [7, 11) is 0. The molecule has 2 N–H and O–H groups in total. The smallest absolute Gasteiger partial charge is 0.148 e. The average Bonchev–Trinajstić information content (AvgIpc) is 2.22. The molecule has 0 aliphatic rings. The molecule has 0 aromatic carbocycles. The molecule has 0 rings (SSSR count). The molecule has 0 saturated heterocycles. The minimum Gasteiger partial charge on any atom is -0.404 e. The third-order valence-corrected chi connectivity index (χ3v) is 2.09. The fraction of sp³-hybridized carbons (Fsp3) is 0.769. The van der Waals surface area contributed by atoms with Gasteiger partial charge in [0.05, 0.1) is 6.61 Å². The molecular formula is C13H26N2O. The molecule has 0 saturated carbocycles. The van der Waals surface area contributed by atoms with E-state index in [-0.39, 0.29) is 11.6 Å². The summed E-state index contributed by atoms with van der Waals surface area (Å²) in [5.41, 5.74) is 6.68. The first-order chi connectivity index (χ1) is 7.42. The van der Waals surface area contributed by atoms with Gasteiger partial charge in [0, 0.05) is 6.21 Å². The summed E-state index contributed by atoms with van der Waals surface area (Å²) >= 11 is 0. The Morgan fingerprint density at radius 2 is 2.00 bits per heavy atom. The Morgan fingerprint density at radius 1 is 1.38 bits per heavy atom. The normalized spacial score (nSPS) is 15.7. The SMILES string of the molecule is CCC(/C=N\C(CC)OCC(C)(C)C)=C/N. The Morgan fingerprint density at radius 3 is 2.38 bits per heavy atom. The lowest BCUT2D eigenvalue weighted by Gasteiger charge is -2.21. The lowest BCUT2D eigenvalue weighted by atomic mass is 9.99. The molecule has 0 bridgehead atoms. The summed E-state index contributed by atoms with van der Waals surface area (Å²) < 4.78 is 5.73. The number of hydrogen-bond donors (Lipinski definition) is 1. The van der Waals surface area contributed by atoms with Crippen molar-refractivity contribution in [1.82, 2.24) is 0 Å². The van der Waals surface area contributed by atoms with Gasteiger partial charge in [-0.2, -0.15) is 0 Å². The number of nitrogens with two attached hydrogens (primary N) is 1. The van der Waals surface area contributed by atoms with E-state index in [1.54, 1.807) is 6.20 Å². The van der Waals surface area contributed by atoms with E-state index in [0.717, 1.165) is 25.0 Å². The van der Waals surface area contributed by atoms with Crippen LogP contribution in [0.3, 0.4) is 0 Å². The van der Waals surface area contributed by atoms with Crippen molar-refractivity contribution in [3.05, 3.63) is 11.8 Å². The van der Waals surface area contributed by atoms with Gasteiger partial charge in [-0.15, -0.1) is 0 Å². The predicted octanol–water partition coefficient (Wildman–Crippen LogP) is 3.11. The number of ether oxygens (including phenoxy) is 1. The van der Waals surface area contributed by atoms with Gasteiger partial charge in [-0.05, 0) is 30.0 Å². The van der Waals surface area contributed by atoms with Gasteiger partial charge >= 0.3 is 0 Å². The zero-order valence-corrected chi connectivity index (χ0v) is 11.3. The molecule has 3 nitrogen and oxygen atoms in total. The number of nitrogens with zero attached hydrogens (tertiary/aromatic N) is 1. The van der Waals surface area contributed by atoms with Gasteiger partial charge in [-0.1, -0.05) is 34.6 Å². The highest BCUT2D eigenvalue weighted by Crippen LogP contribution is 2.15. The van der Waals surface area contributed by atoms with Crippen LogP contribution >= 0.6 is 0 Å². The van der Waals surface area contributed by atoms with Crippen LogP contribution in [0.1, 0.15) is 47.5 Å². The topological polar surface area (TPSA) is 47.6 Å². The second kappa shape index (κ2) is 7.44. The third-order valence-electron chi connectivity index (χ3n) is 2.09. The number of allylic oxidation sites excluding steroid dienone is 1. The fourth-order valence-electron chi connectivity index (χ4n) is 1.04. The largest absolute Gasteiger partial charge is 0.404 e. The second-order valence-electron chi connectivity index (χ2n) is 5.11. The van der Waals surface area contributed by atoms with E-state index in [0.29, 0.717) is 0 Å². The van der Waals surface area contributed by atoms with Crippen LogP contribution in [0.4, 0.5) is 0 Å². The Kier molecular flexibility index (Phi) is 7.06. The third kappa shape index (κ3) is 7.46. The van der Waals surface area contributed by atoms with Crippen LogP contribution < -0.4 is 5.73 Å². The summed E-state index contributed by atoms with van der Waals surface area (Å²) in [5.74, 6) is 0. The summed E-state index contributed by atoms with van der Waals surface area (Å²) in [6.07, 6.45) is 5.14. The first kappa shape index (κ1) is 15.2. The van der Waals surface area contributed by atoms with Crippen molar-refractivity contribution in [2.75, 3.05) is 6.61 Å². The van der Waals surface area contributed by atoms with E-state index in [4.69, 9.17) is 10.5 Å². The molecule has 0 aliphatic heterocycles. The van der Waals surface area contributed by atoms with Crippen molar-refractivity contribution >= 4 is 6.21 Å². The van der Waals surface area contributed by atoms with Crippen LogP contribution in [0, 0.1) is 5.41 Å². The lowest BCUT2D eigenvalue weighted by Crippen LogP contribution is -2.20. The summed E-state index contributed by atoms with van der Waals surface area (Å²) in [5, 5.41) is 0. The van der Waals surface area contributed by atoms with E-state index in [1.165, 1.54) is 0 Å². The Bertz CT molecular complexity index is 239. The number of aliphatic imine (C=N–C) groups is 1. The molecule has 0 aromatic heterocycles. The van der Waals surface area contributed by atoms with Gasteiger partial charge in [0.25, 0.3) is 0 Å². The number of rotatable bonds is 6. The molecule has 0 aliphatic carbocycles. The second-order valence-corrected chi connectivity index (χ2v) is 5.11. The first-order valence-corrected chi connectivity index (χ1v) is 5.98. The van der Waals surface area contributed by atoms with Gasteiger partial charge in [-0.3, -0.25) is 4.99 Å². The molecular weight excluding hydrogens is 200 g/mol. The summed E-state index contributed by atoms with van der Waals surface area (Å²) in [4.78, 5) is 4.39. The molecule has 0 spiro atoms. The minimum atomic E-state index is -0.0549. The maximum absolute atomic E-state index is 5.73. The van der Waals surface area contributed by atoms with Crippen LogP contribution in [0.25, 0.3) is 0 Å². The molecule has 0 aromatic rings. The van der Waals surface area contributed by atoms with E-state index in [9.17, 15) is 0 Å². The van der Waals surface area contributed by atoms with Crippen LogP contribution in [0.5, 0.6) is 0 Å². The quantitative estimate of drug-likeness (QED) is 0.707. The molecule has 16 heavy (non-hydrogen) atoms. The van der Waals surface area contributed by atoms with E-state index >= 15 is 0 Å². The standard InChI is InChI=1S/C13H26N2O/c1-6-11(8-14)9-15-12(7-2)16-10-13(3,4)5/h8-9,12H,6-7,10,14H2,1-5H3/b11-8-,15-9-. The van der Waals surface area contributed by atoms with Gasteiger partial charge in [0.2, 0.25) is 0 Å². The Labute approximate surface area is 99.8 Å². The highest BCUT2D eigenvalue weighted by Gasteiger charge is 2.13. The Balaban J connectivity index is 4.20. The molecule has 0 amide bonds. The maximum Gasteiger partial charge on any atom is 0.148 e. The summed E-state index contributed by atoms with van der Waals surface area (Å²) in [6.45, 7) is 11.3. The van der Waals surface area contributed by atoms with E-state index < -0.39 is 0 Å². The van der Waals surface area contributed by atoms with Crippen molar-refractivity contribution in [2.45, 2.75) is 53.7 Å². The van der Waals surface area contributed by atoms with Crippen molar-refractivity contribution < 1.29 is 4.74 Å². The van der Waals surface area contributed by atoms with E-state index in [1.807, 2.05) is 6.21 Å². The monoisotopic (exact) mass is 226 g/mol. The fourth-order valence-corrected chi connectivity index (χ4v) is 1.04. The molecule has 0 radical (unpaired) electrons. The molecule has 0 fully saturated rings. The van der Waals surface area contributed by atoms with Crippen molar-refractivity contribution in [3.8, 4) is 0 Å². The highest BCUT2D eigenvalue weighted by molar-refractivity contribution is 5.78. The van der Waals surface area contributed by atoms with Crippen molar-refractivity contribution in [3.63, 3.8) is 0 Å². The maximum atomic E-state index is 5.73.